The van der Waals surface area contributed by atoms with E-state index in [9.17, 15) is 18.7 Å². The molecule has 2 fully saturated rings. The molecule has 0 aromatic heterocycles. The second-order valence-electron chi connectivity index (χ2n) is 7.96. The van der Waals surface area contributed by atoms with Crippen molar-refractivity contribution in [1.82, 2.24) is 9.80 Å². The van der Waals surface area contributed by atoms with E-state index in [0.29, 0.717) is 13.1 Å². The van der Waals surface area contributed by atoms with Gasteiger partial charge in [0.2, 0.25) is 5.91 Å². The predicted molar refractivity (Wildman–Crippen MR) is 90.8 cm³/mol. The first kappa shape index (κ1) is 18.3. The van der Waals surface area contributed by atoms with E-state index in [4.69, 9.17) is 0 Å². The first-order chi connectivity index (χ1) is 11.8. The number of hydrogen-bond acceptors (Lipinski definition) is 3. The Hall–Kier alpha value is -1.53. The van der Waals surface area contributed by atoms with Crippen molar-refractivity contribution in [2.75, 3.05) is 26.2 Å². The molecule has 1 amide bonds. The van der Waals surface area contributed by atoms with Gasteiger partial charge < -0.3 is 10.0 Å². The minimum absolute atomic E-state index is 0.0117. The molecule has 25 heavy (non-hydrogen) atoms. The Kier molecular flexibility index (Phi) is 4.86. The van der Waals surface area contributed by atoms with Gasteiger partial charge >= 0.3 is 0 Å². The van der Waals surface area contributed by atoms with Crippen LogP contribution >= 0.6 is 0 Å². The quantitative estimate of drug-likeness (QED) is 0.909. The van der Waals surface area contributed by atoms with E-state index in [1.54, 1.807) is 13.0 Å². The maximum Gasteiger partial charge on any atom is 0.219 e. The van der Waals surface area contributed by atoms with E-state index in [1.165, 1.54) is 12.1 Å². The molecule has 2 aliphatic heterocycles. The van der Waals surface area contributed by atoms with Crippen LogP contribution in [-0.2, 0) is 11.3 Å². The lowest BCUT2D eigenvalue weighted by Crippen LogP contribution is -2.46. The molecular weight excluding hydrogens is 326 g/mol. The highest BCUT2D eigenvalue weighted by Gasteiger charge is 2.52. The van der Waals surface area contributed by atoms with E-state index in [1.807, 2.05) is 11.8 Å². The summed E-state index contributed by atoms with van der Waals surface area (Å²) in [7, 11) is 0. The van der Waals surface area contributed by atoms with Gasteiger partial charge in [0.25, 0.3) is 0 Å². The summed E-state index contributed by atoms with van der Waals surface area (Å²) in [4.78, 5) is 16.0. The van der Waals surface area contributed by atoms with Crippen LogP contribution in [0.4, 0.5) is 8.78 Å². The summed E-state index contributed by atoms with van der Waals surface area (Å²) < 4.78 is 26.4. The van der Waals surface area contributed by atoms with Gasteiger partial charge in [0.1, 0.15) is 0 Å². The third-order valence-electron chi connectivity index (χ3n) is 5.93. The average Bonchev–Trinajstić information content (AvgIpc) is 2.87. The molecule has 0 saturated carbocycles. The van der Waals surface area contributed by atoms with Crippen LogP contribution in [0.5, 0.6) is 0 Å². The Labute approximate surface area is 147 Å². The second kappa shape index (κ2) is 6.65. The van der Waals surface area contributed by atoms with Gasteiger partial charge in [0.05, 0.1) is 12.1 Å². The van der Waals surface area contributed by atoms with E-state index in [0.717, 1.165) is 37.9 Å². The zero-order valence-corrected chi connectivity index (χ0v) is 14.9. The SMILES string of the molecule is CC(=O)N1CC2(CCN(Cc3ccc(F)c(F)c3)CC2)CC1(C)CO. The van der Waals surface area contributed by atoms with Crippen LogP contribution in [-0.4, -0.2) is 52.6 Å². The number of rotatable bonds is 3. The molecule has 3 rings (SSSR count). The summed E-state index contributed by atoms with van der Waals surface area (Å²) in [6, 6.07) is 4.05. The number of halogens is 2. The van der Waals surface area contributed by atoms with Gasteiger partial charge in [-0.05, 0) is 62.4 Å². The largest absolute Gasteiger partial charge is 0.394 e. The molecule has 1 aromatic rings. The number of aliphatic hydroxyl groups excluding tert-OH is 1. The van der Waals surface area contributed by atoms with Crippen LogP contribution in [0.1, 0.15) is 38.7 Å². The Morgan fingerprint density at radius 3 is 2.44 bits per heavy atom. The summed E-state index contributed by atoms with van der Waals surface area (Å²) in [6.45, 7) is 6.49. The summed E-state index contributed by atoms with van der Waals surface area (Å²) in [5.41, 5.74) is 0.341. The molecule has 1 N–H and O–H groups in total. The third-order valence-corrected chi connectivity index (χ3v) is 5.93. The molecule has 138 valence electrons. The van der Waals surface area contributed by atoms with Crippen molar-refractivity contribution in [2.24, 2.45) is 5.41 Å². The Bertz CT molecular complexity index is 659. The standard InChI is InChI=1S/C19H26F2N2O2/c1-14(25)23-12-19(11-18(23,2)13-24)5-7-22(8-6-19)10-15-3-4-16(20)17(21)9-15/h3-4,9,24H,5-8,10-13H2,1-2H3. The van der Waals surface area contributed by atoms with Gasteiger partial charge in [-0.25, -0.2) is 8.78 Å². The topological polar surface area (TPSA) is 43.8 Å². The molecule has 2 saturated heterocycles. The number of amides is 1. The molecule has 2 aliphatic rings. The lowest BCUT2D eigenvalue weighted by molar-refractivity contribution is -0.134. The minimum atomic E-state index is -0.820. The van der Waals surface area contributed by atoms with E-state index < -0.39 is 17.2 Å². The fourth-order valence-corrected chi connectivity index (χ4v) is 4.53. The monoisotopic (exact) mass is 352 g/mol. The molecule has 0 radical (unpaired) electrons. The van der Waals surface area contributed by atoms with Crippen molar-refractivity contribution in [3.63, 3.8) is 0 Å². The van der Waals surface area contributed by atoms with Crippen LogP contribution in [0.3, 0.4) is 0 Å². The number of aliphatic hydroxyl groups is 1. The van der Waals surface area contributed by atoms with Gasteiger partial charge in [0, 0.05) is 20.0 Å². The molecule has 0 aliphatic carbocycles. The highest BCUT2D eigenvalue weighted by atomic mass is 19.2. The Morgan fingerprint density at radius 1 is 1.24 bits per heavy atom. The molecule has 1 unspecified atom stereocenters. The number of likely N-dealkylation sites (tertiary alicyclic amines) is 2. The smallest absolute Gasteiger partial charge is 0.219 e. The van der Waals surface area contributed by atoms with Gasteiger partial charge in [-0.1, -0.05) is 6.07 Å². The van der Waals surface area contributed by atoms with E-state index in [-0.39, 0.29) is 17.9 Å². The molecule has 4 nitrogen and oxygen atoms in total. The number of benzene rings is 1. The average molecular weight is 352 g/mol. The number of carbonyl (C=O) groups is 1. The highest BCUT2D eigenvalue weighted by Crippen LogP contribution is 2.48. The number of nitrogens with zero attached hydrogens (tertiary/aromatic N) is 2. The molecule has 1 aromatic carbocycles. The maximum atomic E-state index is 13.4. The molecular formula is C19H26F2N2O2. The zero-order valence-electron chi connectivity index (χ0n) is 14.9. The van der Waals surface area contributed by atoms with E-state index in [2.05, 4.69) is 4.90 Å². The third kappa shape index (κ3) is 3.55. The van der Waals surface area contributed by atoms with Crippen molar-refractivity contribution < 1.29 is 18.7 Å². The highest BCUT2D eigenvalue weighted by molar-refractivity contribution is 5.74. The van der Waals surface area contributed by atoms with Crippen LogP contribution in [0, 0.1) is 17.0 Å². The lowest BCUT2D eigenvalue weighted by atomic mass is 9.74. The zero-order chi connectivity index (χ0) is 18.2. The van der Waals surface area contributed by atoms with Crippen molar-refractivity contribution in [1.29, 1.82) is 0 Å². The van der Waals surface area contributed by atoms with Crippen LogP contribution in [0.15, 0.2) is 18.2 Å². The normalized spacial score (nSPS) is 26.4. The van der Waals surface area contributed by atoms with Gasteiger partial charge in [0.15, 0.2) is 11.6 Å². The number of carbonyl (C=O) groups excluding carboxylic acids is 1. The fourth-order valence-electron chi connectivity index (χ4n) is 4.53. The van der Waals surface area contributed by atoms with Crippen LogP contribution in [0.25, 0.3) is 0 Å². The second-order valence-corrected chi connectivity index (χ2v) is 7.96. The van der Waals surface area contributed by atoms with Gasteiger partial charge in [-0.15, -0.1) is 0 Å². The summed E-state index contributed by atoms with van der Waals surface area (Å²) in [5, 5.41) is 9.78. The van der Waals surface area contributed by atoms with Gasteiger partial charge in [-0.3, -0.25) is 9.69 Å². The summed E-state index contributed by atoms with van der Waals surface area (Å²) >= 11 is 0. The van der Waals surface area contributed by atoms with E-state index >= 15 is 0 Å². The lowest BCUT2D eigenvalue weighted by Gasteiger charge is -2.39. The van der Waals surface area contributed by atoms with Crippen molar-refractivity contribution >= 4 is 5.91 Å². The molecule has 1 atom stereocenters. The fraction of sp³-hybridized carbons (Fsp3) is 0.632. The Morgan fingerprint density at radius 2 is 1.92 bits per heavy atom. The minimum Gasteiger partial charge on any atom is -0.394 e. The van der Waals surface area contributed by atoms with Crippen molar-refractivity contribution in [3.05, 3.63) is 35.4 Å². The molecule has 0 bridgehead atoms. The van der Waals surface area contributed by atoms with Crippen LogP contribution in [0.2, 0.25) is 0 Å². The van der Waals surface area contributed by atoms with Crippen molar-refractivity contribution in [3.8, 4) is 0 Å². The molecule has 1 spiro atoms. The Balaban J connectivity index is 1.63. The first-order valence-electron chi connectivity index (χ1n) is 8.82. The first-order valence-corrected chi connectivity index (χ1v) is 8.82. The van der Waals surface area contributed by atoms with Crippen LogP contribution < -0.4 is 0 Å². The molecule has 6 heteroatoms. The summed E-state index contributed by atoms with van der Waals surface area (Å²) in [6.07, 6.45) is 2.70. The maximum absolute atomic E-state index is 13.4. The molecule has 2 heterocycles. The number of hydrogen-bond donors (Lipinski definition) is 1. The predicted octanol–water partition coefficient (Wildman–Crippen LogP) is 2.55. The summed E-state index contributed by atoms with van der Waals surface area (Å²) in [5.74, 6) is -1.62. The van der Waals surface area contributed by atoms with Crippen molar-refractivity contribution in [2.45, 2.75) is 45.2 Å². The van der Waals surface area contributed by atoms with Gasteiger partial charge in [-0.2, -0.15) is 0 Å². The number of piperidine rings is 1.